The molecule has 0 aliphatic carbocycles. The van der Waals surface area contributed by atoms with Crippen molar-refractivity contribution in [3.8, 4) is 5.69 Å². The first-order valence-electron chi connectivity index (χ1n) is 10.3. The molecule has 8 nitrogen and oxygen atoms in total. The van der Waals surface area contributed by atoms with Crippen molar-refractivity contribution in [1.29, 1.82) is 0 Å². The summed E-state index contributed by atoms with van der Waals surface area (Å²) in [5.41, 5.74) is -0.455. The molecule has 3 aromatic rings. The highest BCUT2D eigenvalue weighted by Crippen LogP contribution is 2.35. The van der Waals surface area contributed by atoms with Gasteiger partial charge in [0.15, 0.2) is 5.69 Å². The van der Waals surface area contributed by atoms with Crippen molar-refractivity contribution in [3.63, 3.8) is 0 Å². The lowest BCUT2D eigenvalue weighted by Gasteiger charge is -2.35. The number of aromatic nitrogens is 2. The number of carbonyl (C=O) groups excluding carboxylic acids is 1. The van der Waals surface area contributed by atoms with E-state index in [1.807, 2.05) is 6.92 Å². The van der Waals surface area contributed by atoms with Gasteiger partial charge in [0.05, 0.1) is 22.4 Å². The standard InChI is InChI=1S/C22H19ClF3N5O3/c1-14-2-5-16(6-3-14)30-20(22(24,25)26)17(13-27-30)21(32)29-10-8-28(9-11-29)18-7-4-15(23)12-19(18)31(33)34/h2-7,12-13H,8-11H2,1H3. The van der Waals surface area contributed by atoms with Crippen LogP contribution in [-0.4, -0.2) is 51.7 Å². The summed E-state index contributed by atoms with van der Waals surface area (Å²) in [6.45, 7) is 2.41. The fraction of sp³-hybridized carbons (Fsp3) is 0.273. The molecule has 0 radical (unpaired) electrons. The van der Waals surface area contributed by atoms with Crippen LogP contribution >= 0.6 is 11.6 Å². The Morgan fingerprint density at radius 1 is 1.09 bits per heavy atom. The third-order valence-electron chi connectivity index (χ3n) is 5.59. The van der Waals surface area contributed by atoms with Crippen molar-refractivity contribution in [2.45, 2.75) is 13.1 Å². The summed E-state index contributed by atoms with van der Waals surface area (Å²) in [7, 11) is 0. The van der Waals surface area contributed by atoms with Gasteiger partial charge >= 0.3 is 6.18 Å². The molecule has 178 valence electrons. The average Bonchev–Trinajstić information content (AvgIpc) is 3.25. The maximum absolute atomic E-state index is 14.0. The molecule has 34 heavy (non-hydrogen) atoms. The first kappa shape index (κ1) is 23.6. The molecule has 0 unspecified atom stereocenters. The van der Waals surface area contributed by atoms with Gasteiger partial charge in [-0.3, -0.25) is 14.9 Å². The minimum atomic E-state index is -4.81. The van der Waals surface area contributed by atoms with Gasteiger partial charge in [-0.1, -0.05) is 29.3 Å². The molecule has 1 aliphatic rings. The van der Waals surface area contributed by atoms with Gasteiger partial charge in [0.25, 0.3) is 11.6 Å². The molecule has 2 aromatic carbocycles. The molecule has 0 atom stereocenters. The van der Waals surface area contributed by atoms with Gasteiger partial charge in [-0.15, -0.1) is 0 Å². The number of alkyl halides is 3. The van der Waals surface area contributed by atoms with Crippen molar-refractivity contribution in [2.24, 2.45) is 0 Å². The fourth-order valence-electron chi connectivity index (χ4n) is 3.89. The summed E-state index contributed by atoms with van der Waals surface area (Å²) >= 11 is 5.86. The number of carbonyl (C=O) groups is 1. The van der Waals surface area contributed by atoms with Crippen LogP contribution in [0.15, 0.2) is 48.7 Å². The lowest BCUT2D eigenvalue weighted by molar-refractivity contribution is -0.384. The number of nitro groups is 1. The number of nitrogens with zero attached hydrogens (tertiary/aromatic N) is 5. The summed E-state index contributed by atoms with van der Waals surface area (Å²) < 4.78 is 42.6. The summed E-state index contributed by atoms with van der Waals surface area (Å²) in [6, 6.07) is 10.6. The van der Waals surface area contributed by atoms with Crippen molar-refractivity contribution in [3.05, 3.63) is 80.6 Å². The maximum atomic E-state index is 14.0. The monoisotopic (exact) mass is 493 g/mol. The normalized spacial score (nSPS) is 14.4. The summed E-state index contributed by atoms with van der Waals surface area (Å²) in [5, 5.41) is 15.5. The lowest BCUT2D eigenvalue weighted by Crippen LogP contribution is -2.49. The average molecular weight is 494 g/mol. The fourth-order valence-corrected chi connectivity index (χ4v) is 4.06. The van der Waals surface area contributed by atoms with Gasteiger partial charge in [0, 0.05) is 37.3 Å². The Bertz CT molecular complexity index is 1240. The lowest BCUT2D eigenvalue weighted by atomic mass is 10.1. The summed E-state index contributed by atoms with van der Waals surface area (Å²) in [5.74, 6) is -0.795. The molecule has 1 amide bonds. The number of hydrogen-bond donors (Lipinski definition) is 0. The van der Waals surface area contributed by atoms with E-state index < -0.39 is 28.3 Å². The zero-order valence-corrected chi connectivity index (χ0v) is 18.7. The second kappa shape index (κ2) is 8.98. The molecule has 1 aliphatic heterocycles. The Hall–Kier alpha value is -3.60. The largest absolute Gasteiger partial charge is 0.434 e. The van der Waals surface area contributed by atoms with E-state index in [4.69, 9.17) is 11.6 Å². The highest BCUT2D eigenvalue weighted by Gasteiger charge is 2.42. The number of amides is 1. The smallest absolute Gasteiger partial charge is 0.362 e. The number of benzene rings is 2. The Balaban J connectivity index is 1.57. The van der Waals surface area contributed by atoms with E-state index >= 15 is 0 Å². The van der Waals surface area contributed by atoms with E-state index in [2.05, 4.69) is 5.10 Å². The van der Waals surface area contributed by atoms with Crippen molar-refractivity contribution >= 4 is 28.9 Å². The topological polar surface area (TPSA) is 84.5 Å². The second-order valence-corrected chi connectivity index (χ2v) is 8.26. The molecular formula is C22H19ClF3N5O3. The molecular weight excluding hydrogens is 475 g/mol. The minimum absolute atomic E-state index is 0.0889. The van der Waals surface area contributed by atoms with Crippen LogP contribution in [0.5, 0.6) is 0 Å². The molecule has 4 rings (SSSR count). The van der Waals surface area contributed by atoms with Gasteiger partial charge in [0.1, 0.15) is 5.69 Å². The quantitative estimate of drug-likeness (QED) is 0.388. The predicted octanol–water partition coefficient (Wildman–Crippen LogP) is 4.72. The molecule has 0 bridgehead atoms. The summed E-state index contributed by atoms with van der Waals surface area (Å²) in [4.78, 5) is 26.9. The number of aryl methyl sites for hydroxylation is 1. The predicted molar refractivity (Wildman–Crippen MR) is 120 cm³/mol. The Morgan fingerprint density at radius 3 is 2.32 bits per heavy atom. The Morgan fingerprint density at radius 2 is 1.74 bits per heavy atom. The molecule has 12 heteroatoms. The van der Waals surface area contributed by atoms with Crippen LogP contribution in [0.25, 0.3) is 5.69 Å². The SMILES string of the molecule is Cc1ccc(-n2ncc(C(=O)N3CCN(c4ccc(Cl)cc4[N+](=O)[O-])CC3)c2C(F)(F)F)cc1. The van der Waals surface area contributed by atoms with Gasteiger partial charge in [0.2, 0.25) is 0 Å². The van der Waals surface area contributed by atoms with Gasteiger partial charge in [-0.05, 0) is 31.2 Å². The third-order valence-corrected chi connectivity index (χ3v) is 5.82. The van der Waals surface area contributed by atoms with Gasteiger partial charge in [-0.25, -0.2) is 4.68 Å². The zero-order valence-electron chi connectivity index (χ0n) is 17.9. The first-order valence-corrected chi connectivity index (χ1v) is 10.6. The van der Waals surface area contributed by atoms with Crippen LogP contribution < -0.4 is 4.90 Å². The van der Waals surface area contributed by atoms with E-state index in [1.54, 1.807) is 17.0 Å². The molecule has 1 saturated heterocycles. The number of anilines is 1. The number of piperazine rings is 1. The Labute approximate surface area is 197 Å². The van der Waals surface area contributed by atoms with Crippen molar-refractivity contribution in [1.82, 2.24) is 14.7 Å². The minimum Gasteiger partial charge on any atom is -0.362 e. The Kier molecular flexibility index (Phi) is 6.22. The summed E-state index contributed by atoms with van der Waals surface area (Å²) in [6.07, 6.45) is -3.88. The second-order valence-electron chi connectivity index (χ2n) is 7.82. The van der Waals surface area contributed by atoms with Crippen LogP contribution in [0.2, 0.25) is 5.02 Å². The van der Waals surface area contributed by atoms with Crippen molar-refractivity contribution in [2.75, 3.05) is 31.1 Å². The van der Waals surface area contributed by atoms with Crippen LogP contribution in [0.4, 0.5) is 24.5 Å². The third kappa shape index (κ3) is 4.56. The maximum Gasteiger partial charge on any atom is 0.434 e. The molecule has 1 aromatic heterocycles. The number of rotatable bonds is 4. The van der Waals surface area contributed by atoms with E-state index in [0.29, 0.717) is 5.69 Å². The van der Waals surface area contributed by atoms with Crippen LogP contribution in [0, 0.1) is 17.0 Å². The van der Waals surface area contributed by atoms with Crippen LogP contribution in [0.1, 0.15) is 21.6 Å². The molecule has 2 heterocycles. The van der Waals surface area contributed by atoms with Gasteiger partial charge in [-0.2, -0.15) is 18.3 Å². The zero-order chi connectivity index (χ0) is 24.6. The molecule has 0 saturated carbocycles. The highest BCUT2D eigenvalue weighted by atomic mass is 35.5. The van der Waals surface area contributed by atoms with E-state index in [0.717, 1.165) is 16.4 Å². The van der Waals surface area contributed by atoms with Gasteiger partial charge < -0.3 is 9.80 Å². The van der Waals surface area contributed by atoms with E-state index in [9.17, 15) is 28.1 Å². The van der Waals surface area contributed by atoms with E-state index in [-0.39, 0.29) is 42.6 Å². The van der Waals surface area contributed by atoms with Crippen molar-refractivity contribution < 1.29 is 22.9 Å². The van der Waals surface area contributed by atoms with E-state index in [1.165, 1.54) is 35.2 Å². The number of hydrogen-bond acceptors (Lipinski definition) is 5. The number of halogens is 4. The van der Waals surface area contributed by atoms with Crippen LogP contribution in [0.3, 0.4) is 0 Å². The first-order chi connectivity index (χ1) is 16.1. The molecule has 0 spiro atoms. The number of nitro benzene ring substituents is 1. The molecule has 1 fully saturated rings. The van der Waals surface area contributed by atoms with Crippen LogP contribution in [-0.2, 0) is 6.18 Å². The highest BCUT2D eigenvalue weighted by molar-refractivity contribution is 6.30. The molecule has 0 N–H and O–H groups in total.